The van der Waals surface area contributed by atoms with Gasteiger partial charge >= 0.3 is 5.97 Å². The Morgan fingerprint density at radius 2 is 2.05 bits per heavy atom. The number of non-ortho nitro benzene ring substituents is 1. The Labute approximate surface area is 125 Å². The van der Waals surface area contributed by atoms with Gasteiger partial charge < -0.3 is 14.9 Å². The highest BCUT2D eigenvalue weighted by Gasteiger charge is 2.23. The van der Waals surface area contributed by atoms with Gasteiger partial charge in [-0.05, 0) is 6.07 Å². The summed E-state index contributed by atoms with van der Waals surface area (Å²) >= 11 is 7.92. The van der Waals surface area contributed by atoms with Crippen molar-refractivity contribution in [2.45, 2.75) is 12.2 Å². The lowest BCUT2D eigenvalue weighted by Crippen LogP contribution is -2.35. The summed E-state index contributed by atoms with van der Waals surface area (Å²) in [6.07, 6.45) is -1.71. The van der Waals surface area contributed by atoms with Crippen LogP contribution < -0.4 is 4.74 Å². The summed E-state index contributed by atoms with van der Waals surface area (Å²) in [7, 11) is 0. The first kappa shape index (κ1) is 16.6. The van der Waals surface area contributed by atoms with Crippen LogP contribution in [-0.4, -0.2) is 44.8 Å². The largest absolute Gasteiger partial charge is 0.486 e. The van der Waals surface area contributed by atoms with Gasteiger partial charge in [-0.2, -0.15) is 25.3 Å². The summed E-state index contributed by atoms with van der Waals surface area (Å²) in [6, 6.07) is 3.22. The lowest BCUT2D eigenvalue weighted by Gasteiger charge is -2.22. The first-order valence-electron chi connectivity index (χ1n) is 5.48. The van der Waals surface area contributed by atoms with E-state index in [4.69, 9.17) is 9.84 Å². The Kier molecular flexibility index (Phi) is 6.11. The fraction of sp³-hybridized carbons (Fsp3) is 0.364. The maximum Gasteiger partial charge on any atom is 0.339 e. The summed E-state index contributed by atoms with van der Waals surface area (Å²) in [5, 5.41) is 29.3. The summed E-state index contributed by atoms with van der Waals surface area (Å²) in [5.74, 6) is -1.18. The van der Waals surface area contributed by atoms with Crippen molar-refractivity contribution in [3.8, 4) is 5.75 Å². The molecule has 1 aromatic carbocycles. The molecule has 1 aromatic rings. The molecular weight excluding hydrogens is 306 g/mol. The zero-order chi connectivity index (χ0) is 15.3. The van der Waals surface area contributed by atoms with Crippen molar-refractivity contribution in [1.29, 1.82) is 0 Å². The molecule has 1 rings (SSSR count). The molecule has 9 heteroatoms. The van der Waals surface area contributed by atoms with E-state index in [2.05, 4.69) is 25.3 Å². The number of nitro groups is 1. The number of ether oxygens (including phenoxy) is 1. The van der Waals surface area contributed by atoms with Crippen LogP contribution in [0, 0.1) is 10.1 Å². The van der Waals surface area contributed by atoms with E-state index in [9.17, 15) is 20.0 Å². The predicted octanol–water partition coefficient (Wildman–Crippen LogP) is 1.26. The monoisotopic (exact) mass is 319 g/mol. The van der Waals surface area contributed by atoms with Crippen LogP contribution in [-0.2, 0) is 0 Å². The molecule has 0 saturated carbocycles. The Bertz CT molecular complexity index is 510. The molecule has 7 nitrogen and oxygen atoms in total. The van der Waals surface area contributed by atoms with Gasteiger partial charge in [0.1, 0.15) is 23.5 Å². The molecule has 2 unspecified atom stereocenters. The van der Waals surface area contributed by atoms with Crippen molar-refractivity contribution in [2.75, 3.05) is 11.5 Å². The maximum absolute atomic E-state index is 11.1. The Morgan fingerprint density at radius 3 is 2.50 bits per heavy atom. The number of benzene rings is 1. The van der Waals surface area contributed by atoms with Gasteiger partial charge in [0, 0.05) is 23.6 Å². The van der Waals surface area contributed by atoms with Crippen molar-refractivity contribution in [1.82, 2.24) is 0 Å². The minimum atomic E-state index is -1.36. The standard InChI is InChI=1S/C11H13NO6S2/c13-8(4-19)10(5-20)18-9-2-1-6(12(16)17)3-7(9)11(14)15/h1-3,8,10,13,19-20H,4-5H2,(H,14,15). The van der Waals surface area contributed by atoms with Gasteiger partial charge in [-0.25, -0.2) is 4.79 Å². The van der Waals surface area contributed by atoms with Crippen LogP contribution in [0.2, 0.25) is 0 Å². The number of nitro benzene ring substituents is 1. The van der Waals surface area contributed by atoms with E-state index >= 15 is 0 Å². The van der Waals surface area contributed by atoms with Crippen LogP contribution in [0.15, 0.2) is 18.2 Å². The Balaban J connectivity index is 3.11. The number of aliphatic hydroxyl groups is 1. The van der Waals surface area contributed by atoms with Crippen LogP contribution in [0.5, 0.6) is 5.75 Å². The van der Waals surface area contributed by atoms with E-state index in [-0.39, 0.29) is 28.5 Å². The fourth-order valence-electron chi connectivity index (χ4n) is 1.42. The van der Waals surface area contributed by atoms with Crippen molar-refractivity contribution in [2.24, 2.45) is 0 Å². The van der Waals surface area contributed by atoms with Gasteiger partial charge in [0.2, 0.25) is 0 Å². The van der Waals surface area contributed by atoms with Crippen LogP contribution in [0.3, 0.4) is 0 Å². The molecule has 2 atom stereocenters. The minimum Gasteiger partial charge on any atom is -0.486 e. The maximum atomic E-state index is 11.1. The minimum absolute atomic E-state index is 0.0667. The molecule has 110 valence electrons. The molecule has 0 aliphatic heterocycles. The number of hydrogen-bond donors (Lipinski definition) is 4. The number of aliphatic hydroxyl groups excluding tert-OH is 1. The fourth-order valence-corrected chi connectivity index (χ4v) is 1.97. The number of thiol groups is 2. The van der Waals surface area contributed by atoms with Gasteiger partial charge in [-0.3, -0.25) is 10.1 Å². The molecule has 20 heavy (non-hydrogen) atoms. The first-order valence-corrected chi connectivity index (χ1v) is 6.75. The Morgan fingerprint density at radius 1 is 1.40 bits per heavy atom. The summed E-state index contributed by atoms with van der Waals surface area (Å²) in [6.45, 7) is 0. The van der Waals surface area contributed by atoms with Gasteiger partial charge in [0.15, 0.2) is 0 Å². The van der Waals surface area contributed by atoms with E-state index < -0.39 is 23.1 Å². The average Bonchev–Trinajstić information content (AvgIpc) is 2.43. The smallest absolute Gasteiger partial charge is 0.339 e. The van der Waals surface area contributed by atoms with Gasteiger partial charge in [-0.1, -0.05) is 0 Å². The molecule has 0 fully saturated rings. The summed E-state index contributed by atoms with van der Waals surface area (Å²) < 4.78 is 5.36. The normalized spacial score (nSPS) is 13.6. The third-order valence-corrected chi connectivity index (χ3v) is 3.21. The van der Waals surface area contributed by atoms with E-state index in [0.29, 0.717) is 0 Å². The quantitative estimate of drug-likeness (QED) is 0.342. The lowest BCUT2D eigenvalue weighted by molar-refractivity contribution is -0.384. The second-order valence-corrected chi connectivity index (χ2v) is 4.56. The number of carbonyl (C=O) groups is 1. The second kappa shape index (κ2) is 7.36. The second-order valence-electron chi connectivity index (χ2n) is 3.83. The zero-order valence-electron chi connectivity index (χ0n) is 10.2. The summed E-state index contributed by atoms with van der Waals surface area (Å²) in [4.78, 5) is 21.0. The number of aromatic carboxylic acids is 1. The number of hydrogen-bond acceptors (Lipinski definition) is 7. The molecule has 0 saturated heterocycles. The SMILES string of the molecule is O=C(O)c1cc([N+](=O)[O-])ccc1OC(CS)C(O)CS. The predicted molar refractivity (Wildman–Crippen MR) is 78.2 cm³/mol. The number of carboxylic acids is 1. The first-order chi connectivity index (χ1) is 9.40. The average molecular weight is 319 g/mol. The highest BCUT2D eigenvalue weighted by atomic mass is 32.1. The number of carboxylic acid groups (broad SMARTS) is 1. The zero-order valence-corrected chi connectivity index (χ0v) is 12.0. The molecule has 0 heterocycles. The van der Waals surface area contributed by atoms with Gasteiger partial charge in [-0.15, -0.1) is 0 Å². The van der Waals surface area contributed by atoms with Crippen molar-refractivity contribution in [3.05, 3.63) is 33.9 Å². The third kappa shape index (κ3) is 4.02. The highest BCUT2D eigenvalue weighted by Crippen LogP contribution is 2.26. The lowest BCUT2D eigenvalue weighted by atomic mass is 10.1. The van der Waals surface area contributed by atoms with Crippen LogP contribution in [0.25, 0.3) is 0 Å². The van der Waals surface area contributed by atoms with Crippen molar-refractivity contribution in [3.63, 3.8) is 0 Å². The highest BCUT2D eigenvalue weighted by molar-refractivity contribution is 7.80. The third-order valence-electron chi connectivity index (χ3n) is 2.48. The number of nitrogens with zero attached hydrogens (tertiary/aromatic N) is 1. The van der Waals surface area contributed by atoms with Gasteiger partial charge in [0.05, 0.1) is 4.92 Å². The van der Waals surface area contributed by atoms with E-state index in [1.807, 2.05) is 0 Å². The van der Waals surface area contributed by atoms with Gasteiger partial charge in [0.25, 0.3) is 5.69 Å². The molecule has 0 aliphatic rings. The molecule has 0 amide bonds. The molecular formula is C11H13NO6S2. The molecule has 0 radical (unpaired) electrons. The van der Waals surface area contributed by atoms with E-state index in [1.54, 1.807) is 0 Å². The topological polar surface area (TPSA) is 110 Å². The molecule has 0 spiro atoms. The summed E-state index contributed by atoms with van der Waals surface area (Å²) in [5.41, 5.74) is -0.704. The molecule has 0 aliphatic carbocycles. The molecule has 0 bridgehead atoms. The van der Waals surface area contributed by atoms with Crippen molar-refractivity contribution < 1.29 is 24.7 Å². The van der Waals surface area contributed by atoms with Crippen LogP contribution in [0.1, 0.15) is 10.4 Å². The number of rotatable bonds is 7. The van der Waals surface area contributed by atoms with Crippen LogP contribution in [0.4, 0.5) is 5.69 Å². The molecule has 0 aromatic heterocycles. The molecule has 2 N–H and O–H groups in total. The van der Waals surface area contributed by atoms with E-state index in [1.165, 1.54) is 6.07 Å². The Hall–Kier alpha value is -1.45. The van der Waals surface area contributed by atoms with Crippen molar-refractivity contribution >= 4 is 36.9 Å². The van der Waals surface area contributed by atoms with Crippen LogP contribution >= 0.6 is 25.3 Å². The van der Waals surface area contributed by atoms with E-state index in [0.717, 1.165) is 12.1 Å².